The second-order valence-electron chi connectivity index (χ2n) is 5.26. The Balaban J connectivity index is 1.79. The maximum atomic E-state index is 6.28. The molecule has 98 valence electrons. The van der Waals surface area contributed by atoms with Gasteiger partial charge < -0.3 is 15.2 Å². The molecule has 1 atom stereocenters. The Bertz CT molecular complexity index is 457. The Hall–Kier alpha value is -0.580. The molecule has 1 fully saturated rings. The molecule has 0 saturated heterocycles. The second kappa shape index (κ2) is 4.51. The van der Waals surface area contributed by atoms with E-state index in [1.54, 1.807) is 0 Å². The molecule has 0 bridgehead atoms. The van der Waals surface area contributed by atoms with Gasteiger partial charge in [-0.1, -0.05) is 15.9 Å². The van der Waals surface area contributed by atoms with Crippen molar-refractivity contribution in [1.29, 1.82) is 0 Å². The molecule has 2 N–H and O–H groups in total. The van der Waals surface area contributed by atoms with Crippen molar-refractivity contribution in [2.75, 3.05) is 6.61 Å². The minimum atomic E-state index is -0.0833. The molecule has 2 aliphatic rings. The second-order valence-corrected chi connectivity index (χ2v) is 6.18. The molecule has 4 heteroatoms. The fraction of sp³-hybridized carbons (Fsp3) is 0.571. The Morgan fingerprint density at radius 3 is 2.94 bits per heavy atom. The molecular formula is C14H18BrNO2. The van der Waals surface area contributed by atoms with Crippen LogP contribution in [0.15, 0.2) is 22.7 Å². The summed E-state index contributed by atoms with van der Waals surface area (Å²) in [6, 6.07) is 6.14. The standard InChI is InChI=1S/C14H18BrNO2/c1-2-17-10-6-14(7-10)8-12(16)11-5-9(15)3-4-13(11)18-14/h3-5,10,12H,2,6-8,16H2,1H3/t10?,12-,14?/m0/s1. The predicted octanol–water partition coefficient (Wildman–Crippen LogP) is 3.17. The predicted molar refractivity (Wildman–Crippen MR) is 73.7 cm³/mol. The number of hydrogen-bond acceptors (Lipinski definition) is 3. The lowest BCUT2D eigenvalue weighted by Gasteiger charge is -2.51. The molecule has 0 unspecified atom stereocenters. The van der Waals surface area contributed by atoms with E-state index in [2.05, 4.69) is 22.0 Å². The lowest BCUT2D eigenvalue weighted by Crippen LogP contribution is -2.55. The summed E-state index contributed by atoms with van der Waals surface area (Å²) in [5.74, 6) is 0.937. The van der Waals surface area contributed by atoms with Crippen LogP contribution in [0.25, 0.3) is 0 Å². The summed E-state index contributed by atoms with van der Waals surface area (Å²) in [5.41, 5.74) is 7.30. The van der Waals surface area contributed by atoms with E-state index in [0.29, 0.717) is 6.10 Å². The van der Waals surface area contributed by atoms with Crippen LogP contribution in [0.5, 0.6) is 5.75 Å². The van der Waals surface area contributed by atoms with Crippen molar-refractivity contribution < 1.29 is 9.47 Å². The van der Waals surface area contributed by atoms with E-state index in [4.69, 9.17) is 15.2 Å². The summed E-state index contributed by atoms with van der Waals surface area (Å²) in [6.45, 7) is 2.81. The van der Waals surface area contributed by atoms with Gasteiger partial charge in [0.25, 0.3) is 0 Å². The molecule has 3 nitrogen and oxygen atoms in total. The minimum Gasteiger partial charge on any atom is -0.487 e. The molecule has 1 aromatic carbocycles. The van der Waals surface area contributed by atoms with E-state index in [1.165, 1.54) is 0 Å². The molecule has 0 amide bonds. The number of hydrogen-bond donors (Lipinski definition) is 1. The first-order valence-corrected chi connectivity index (χ1v) is 7.27. The lowest BCUT2D eigenvalue weighted by atomic mass is 9.71. The Morgan fingerprint density at radius 1 is 1.44 bits per heavy atom. The maximum absolute atomic E-state index is 6.28. The van der Waals surface area contributed by atoms with E-state index in [-0.39, 0.29) is 11.6 Å². The summed E-state index contributed by atoms with van der Waals surface area (Å²) >= 11 is 3.48. The third-order valence-electron chi connectivity index (χ3n) is 3.89. The van der Waals surface area contributed by atoms with Crippen molar-refractivity contribution in [1.82, 2.24) is 0 Å². The maximum Gasteiger partial charge on any atom is 0.124 e. The van der Waals surface area contributed by atoms with Gasteiger partial charge in [-0.25, -0.2) is 0 Å². The Labute approximate surface area is 116 Å². The highest BCUT2D eigenvalue weighted by Crippen LogP contribution is 2.49. The SMILES string of the molecule is CCOC1CC2(C1)C[C@H](N)c1cc(Br)ccc1O2. The molecule has 1 aliphatic heterocycles. The fourth-order valence-electron chi connectivity index (χ4n) is 3.06. The smallest absolute Gasteiger partial charge is 0.124 e. The van der Waals surface area contributed by atoms with Crippen molar-refractivity contribution in [3.8, 4) is 5.75 Å². The normalized spacial score (nSPS) is 33.7. The number of nitrogens with two attached hydrogens (primary N) is 1. The molecule has 0 aromatic heterocycles. The van der Waals surface area contributed by atoms with E-state index < -0.39 is 0 Å². The highest BCUT2D eigenvalue weighted by molar-refractivity contribution is 9.10. The number of halogens is 1. The summed E-state index contributed by atoms with van der Waals surface area (Å²) in [4.78, 5) is 0. The molecule has 0 radical (unpaired) electrons. The van der Waals surface area contributed by atoms with Crippen LogP contribution < -0.4 is 10.5 Å². The first-order chi connectivity index (χ1) is 8.62. The third-order valence-corrected chi connectivity index (χ3v) is 4.38. The van der Waals surface area contributed by atoms with E-state index in [9.17, 15) is 0 Å². The van der Waals surface area contributed by atoms with Crippen molar-refractivity contribution in [3.05, 3.63) is 28.2 Å². The molecule has 1 spiro atoms. The monoisotopic (exact) mass is 311 g/mol. The number of rotatable bonds is 2. The zero-order valence-electron chi connectivity index (χ0n) is 10.5. The fourth-order valence-corrected chi connectivity index (χ4v) is 3.44. The van der Waals surface area contributed by atoms with Gasteiger partial charge in [0.1, 0.15) is 11.4 Å². The topological polar surface area (TPSA) is 44.5 Å². The van der Waals surface area contributed by atoms with Crippen molar-refractivity contribution in [3.63, 3.8) is 0 Å². The van der Waals surface area contributed by atoms with E-state index in [1.807, 2.05) is 19.1 Å². The summed E-state index contributed by atoms with van der Waals surface area (Å²) < 4.78 is 12.8. The van der Waals surface area contributed by atoms with Crippen LogP contribution in [0, 0.1) is 0 Å². The highest BCUT2D eigenvalue weighted by atomic mass is 79.9. The van der Waals surface area contributed by atoms with Crippen LogP contribution in [-0.2, 0) is 4.74 Å². The number of ether oxygens (including phenoxy) is 2. The number of fused-ring (bicyclic) bond motifs is 1. The van der Waals surface area contributed by atoms with Crippen molar-refractivity contribution in [2.24, 2.45) is 5.73 Å². The van der Waals surface area contributed by atoms with Gasteiger partial charge in [0.15, 0.2) is 0 Å². The van der Waals surface area contributed by atoms with E-state index >= 15 is 0 Å². The zero-order valence-corrected chi connectivity index (χ0v) is 12.1. The van der Waals surface area contributed by atoms with Gasteiger partial charge in [-0.2, -0.15) is 0 Å². The summed E-state index contributed by atoms with van der Waals surface area (Å²) in [7, 11) is 0. The van der Waals surface area contributed by atoms with Crippen LogP contribution in [0.4, 0.5) is 0 Å². The third kappa shape index (κ3) is 2.06. The molecule has 1 aliphatic carbocycles. The van der Waals surface area contributed by atoms with Crippen LogP contribution in [0.2, 0.25) is 0 Å². The van der Waals surface area contributed by atoms with Crippen molar-refractivity contribution in [2.45, 2.75) is 43.9 Å². The van der Waals surface area contributed by atoms with Gasteiger partial charge in [-0.05, 0) is 25.1 Å². The van der Waals surface area contributed by atoms with Gasteiger partial charge in [0.05, 0.1) is 6.10 Å². The van der Waals surface area contributed by atoms with Crippen LogP contribution in [-0.4, -0.2) is 18.3 Å². The van der Waals surface area contributed by atoms with Gasteiger partial charge in [-0.15, -0.1) is 0 Å². The molecule has 1 saturated carbocycles. The molecule has 1 aromatic rings. The molecule has 18 heavy (non-hydrogen) atoms. The van der Waals surface area contributed by atoms with Crippen LogP contribution in [0.1, 0.15) is 37.8 Å². The molecule has 3 rings (SSSR count). The van der Waals surface area contributed by atoms with E-state index in [0.717, 1.165) is 41.7 Å². The average molecular weight is 312 g/mol. The first-order valence-electron chi connectivity index (χ1n) is 6.47. The highest BCUT2D eigenvalue weighted by Gasteiger charge is 2.50. The van der Waals surface area contributed by atoms with Crippen molar-refractivity contribution >= 4 is 15.9 Å². The first kappa shape index (κ1) is 12.5. The average Bonchev–Trinajstić information content (AvgIpc) is 2.29. The summed E-state index contributed by atoms with van der Waals surface area (Å²) in [5, 5.41) is 0. The van der Waals surface area contributed by atoms with Gasteiger partial charge >= 0.3 is 0 Å². The Kier molecular flexibility index (Phi) is 3.12. The summed E-state index contributed by atoms with van der Waals surface area (Å²) in [6.07, 6.45) is 3.16. The largest absolute Gasteiger partial charge is 0.487 e. The Morgan fingerprint density at radius 2 is 2.22 bits per heavy atom. The molecule has 1 heterocycles. The van der Waals surface area contributed by atoms with Gasteiger partial charge in [0, 0.05) is 41.9 Å². The quantitative estimate of drug-likeness (QED) is 0.912. The minimum absolute atomic E-state index is 0.0637. The lowest BCUT2D eigenvalue weighted by molar-refractivity contribution is -0.134. The van der Waals surface area contributed by atoms with Crippen LogP contribution in [0.3, 0.4) is 0 Å². The zero-order chi connectivity index (χ0) is 12.8. The molecular weight excluding hydrogens is 294 g/mol. The van der Waals surface area contributed by atoms with Crippen LogP contribution >= 0.6 is 15.9 Å². The van der Waals surface area contributed by atoms with Gasteiger partial charge in [-0.3, -0.25) is 0 Å². The van der Waals surface area contributed by atoms with Gasteiger partial charge in [0.2, 0.25) is 0 Å². The number of benzene rings is 1.